The first-order valence-electron chi connectivity index (χ1n) is 7.04. The molecule has 0 radical (unpaired) electrons. The third-order valence-corrected chi connectivity index (χ3v) is 4.84. The van der Waals surface area contributed by atoms with E-state index < -0.39 is 0 Å². The van der Waals surface area contributed by atoms with Crippen LogP contribution in [-0.4, -0.2) is 30.6 Å². The monoisotopic (exact) mass is 300 g/mol. The van der Waals surface area contributed by atoms with Crippen LogP contribution in [-0.2, 0) is 0 Å². The van der Waals surface area contributed by atoms with Gasteiger partial charge in [-0.05, 0) is 44.5 Å². The van der Waals surface area contributed by atoms with Crippen LogP contribution in [0.15, 0.2) is 18.2 Å². The predicted octanol–water partition coefficient (Wildman–Crippen LogP) is 4.13. The molecule has 2 atom stereocenters. The fraction of sp³-hybridized carbons (Fsp3) is 0.600. The highest BCUT2D eigenvalue weighted by Gasteiger charge is 2.22. The third kappa shape index (κ3) is 3.63. The highest BCUT2D eigenvalue weighted by atomic mass is 35.5. The Hall–Kier alpha value is -0.280. The van der Waals surface area contributed by atoms with Crippen molar-refractivity contribution in [3.8, 4) is 0 Å². The van der Waals surface area contributed by atoms with Crippen LogP contribution in [0.4, 0.5) is 0 Å². The molecule has 2 nitrogen and oxygen atoms in total. The molecule has 1 fully saturated rings. The second kappa shape index (κ2) is 6.94. The van der Waals surface area contributed by atoms with E-state index in [-0.39, 0.29) is 0 Å². The maximum Gasteiger partial charge on any atom is 0.0640 e. The molecule has 0 amide bonds. The molecule has 1 saturated heterocycles. The van der Waals surface area contributed by atoms with Crippen molar-refractivity contribution in [3.63, 3.8) is 0 Å². The van der Waals surface area contributed by atoms with Crippen LogP contribution < -0.4 is 5.32 Å². The van der Waals surface area contributed by atoms with Gasteiger partial charge in [0, 0.05) is 18.6 Å². The first kappa shape index (κ1) is 15.1. The zero-order chi connectivity index (χ0) is 13.8. The fourth-order valence-electron chi connectivity index (χ4n) is 2.80. The highest BCUT2D eigenvalue weighted by molar-refractivity contribution is 6.42. The summed E-state index contributed by atoms with van der Waals surface area (Å²) in [5.74, 6) is 0. The summed E-state index contributed by atoms with van der Waals surface area (Å²) in [7, 11) is 0. The molecule has 1 aromatic rings. The second-order valence-corrected chi connectivity index (χ2v) is 5.99. The van der Waals surface area contributed by atoms with E-state index in [1.807, 2.05) is 12.1 Å². The smallest absolute Gasteiger partial charge is 0.0640 e. The minimum atomic E-state index is 0.290. The Morgan fingerprint density at radius 3 is 2.84 bits per heavy atom. The van der Waals surface area contributed by atoms with Gasteiger partial charge in [0.15, 0.2) is 0 Å². The lowest BCUT2D eigenvalue weighted by molar-refractivity contribution is 0.202. The Morgan fingerprint density at radius 2 is 2.21 bits per heavy atom. The second-order valence-electron chi connectivity index (χ2n) is 5.20. The first-order valence-corrected chi connectivity index (χ1v) is 7.80. The molecule has 4 heteroatoms. The number of hydrogen-bond acceptors (Lipinski definition) is 2. The average Bonchev–Trinajstić information content (AvgIpc) is 2.91. The molecule has 1 N–H and O–H groups in total. The fourth-order valence-corrected chi connectivity index (χ4v) is 3.26. The molecule has 0 bridgehead atoms. The van der Waals surface area contributed by atoms with Crippen molar-refractivity contribution < 1.29 is 0 Å². The van der Waals surface area contributed by atoms with Crippen molar-refractivity contribution >= 4 is 23.2 Å². The third-order valence-electron chi connectivity index (χ3n) is 4.00. The zero-order valence-corrected chi connectivity index (χ0v) is 13.1. The van der Waals surface area contributed by atoms with Crippen molar-refractivity contribution in [2.45, 2.75) is 38.8 Å². The minimum Gasteiger partial charge on any atom is -0.313 e. The number of hydrogen-bond donors (Lipinski definition) is 1. The SMILES string of the molecule is CCN(CC1CCCN1)C(C)c1cccc(Cl)c1Cl. The lowest BCUT2D eigenvalue weighted by atomic mass is 10.1. The number of nitrogens with one attached hydrogen (secondary N) is 1. The van der Waals surface area contributed by atoms with E-state index in [0.29, 0.717) is 22.1 Å². The summed E-state index contributed by atoms with van der Waals surface area (Å²) in [6.07, 6.45) is 2.56. The van der Waals surface area contributed by atoms with E-state index in [1.54, 1.807) is 0 Å². The van der Waals surface area contributed by atoms with Crippen molar-refractivity contribution in [1.29, 1.82) is 0 Å². The van der Waals surface area contributed by atoms with Crippen molar-refractivity contribution in [2.24, 2.45) is 0 Å². The van der Waals surface area contributed by atoms with Gasteiger partial charge < -0.3 is 5.32 Å². The molecule has 1 heterocycles. The van der Waals surface area contributed by atoms with Crippen LogP contribution in [0.2, 0.25) is 10.0 Å². The van der Waals surface area contributed by atoms with Gasteiger partial charge in [0.25, 0.3) is 0 Å². The lowest BCUT2D eigenvalue weighted by Crippen LogP contribution is -2.38. The normalized spacial score (nSPS) is 21.0. The quantitative estimate of drug-likeness (QED) is 0.879. The molecule has 1 aromatic carbocycles. The van der Waals surface area contributed by atoms with Crippen molar-refractivity contribution in [1.82, 2.24) is 10.2 Å². The number of rotatable bonds is 5. The molecule has 0 saturated carbocycles. The molecule has 1 aliphatic heterocycles. The number of nitrogens with zero attached hydrogens (tertiary/aromatic N) is 1. The molecule has 1 aliphatic rings. The zero-order valence-electron chi connectivity index (χ0n) is 11.6. The predicted molar refractivity (Wildman–Crippen MR) is 83.1 cm³/mol. The molecule has 2 unspecified atom stereocenters. The van der Waals surface area contributed by atoms with Gasteiger partial charge in [-0.15, -0.1) is 0 Å². The topological polar surface area (TPSA) is 15.3 Å². The Morgan fingerprint density at radius 1 is 1.42 bits per heavy atom. The molecule has 2 rings (SSSR count). The van der Waals surface area contributed by atoms with Gasteiger partial charge in [0.1, 0.15) is 0 Å². The first-order chi connectivity index (χ1) is 9.13. The van der Waals surface area contributed by atoms with Crippen LogP contribution in [0, 0.1) is 0 Å². The van der Waals surface area contributed by atoms with E-state index in [2.05, 4.69) is 30.1 Å². The maximum absolute atomic E-state index is 6.33. The van der Waals surface area contributed by atoms with E-state index >= 15 is 0 Å². The van der Waals surface area contributed by atoms with E-state index in [1.165, 1.54) is 12.8 Å². The molecule has 19 heavy (non-hydrogen) atoms. The molecular weight excluding hydrogens is 279 g/mol. The summed E-state index contributed by atoms with van der Waals surface area (Å²) in [6.45, 7) is 7.64. The molecule has 0 aliphatic carbocycles. The van der Waals surface area contributed by atoms with Gasteiger partial charge in [0.2, 0.25) is 0 Å². The summed E-state index contributed by atoms with van der Waals surface area (Å²) in [5.41, 5.74) is 1.12. The van der Waals surface area contributed by atoms with E-state index in [0.717, 1.165) is 25.2 Å². The lowest BCUT2D eigenvalue weighted by Gasteiger charge is -2.31. The summed E-state index contributed by atoms with van der Waals surface area (Å²) >= 11 is 12.4. The van der Waals surface area contributed by atoms with Gasteiger partial charge in [-0.2, -0.15) is 0 Å². The van der Waals surface area contributed by atoms with Crippen LogP contribution in [0.25, 0.3) is 0 Å². The summed E-state index contributed by atoms with van der Waals surface area (Å²) < 4.78 is 0. The number of halogens is 2. The standard InChI is InChI=1S/C15H22Cl2N2/c1-3-19(10-12-6-5-9-18-12)11(2)13-7-4-8-14(16)15(13)17/h4,7-8,11-12,18H,3,5-6,9-10H2,1-2H3. The highest BCUT2D eigenvalue weighted by Crippen LogP contribution is 2.32. The van der Waals surface area contributed by atoms with Crippen molar-refractivity contribution in [2.75, 3.05) is 19.6 Å². The molecule has 0 aromatic heterocycles. The summed E-state index contributed by atoms with van der Waals surface area (Å²) in [5, 5.41) is 4.88. The molecule has 106 valence electrons. The van der Waals surface area contributed by atoms with Gasteiger partial charge in [-0.3, -0.25) is 4.90 Å². The Balaban J connectivity index is 2.10. The number of likely N-dealkylation sites (N-methyl/N-ethyl adjacent to an activating group) is 1. The van der Waals surface area contributed by atoms with Crippen LogP contribution in [0.3, 0.4) is 0 Å². The average molecular weight is 301 g/mol. The summed E-state index contributed by atoms with van der Waals surface area (Å²) in [6, 6.07) is 6.79. The Bertz CT molecular complexity index is 417. The molecular formula is C15H22Cl2N2. The largest absolute Gasteiger partial charge is 0.313 e. The summed E-state index contributed by atoms with van der Waals surface area (Å²) in [4.78, 5) is 2.46. The van der Waals surface area contributed by atoms with E-state index in [4.69, 9.17) is 23.2 Å². The van der Waals surface area contributed by atoms with Gasteiger partial charge >= 0.3 is 0 Å². The Labute approximate surface area is 126 Å². The maximum atomic E-state index is 6.33. The number of benzene rings is 1. The minimum absolute atomic E-state index is 0.290. The van der Waals surface area contributed by atoms with E-state index in [9.17, 15) is 0 Å². The van der Waals surface area contributed by atoms with Gasteiger partial charge in [-0.25, -0.2) is 0 Å². The van der Waals surface area contributed by atoms with Crippen LogP contribution >= 0.6 is 23.2 Å². The Kier molecular flexibility index (Phi) is 5.52. The van der Waals surface area contributed by atoms with Crippen LogP contribution in [0.1, 0.15) is 38.3 Å². The van der Waals surface area contributed by atoms with Gasteiger partial charge in [-0.1, -0.05) is 42.3 Å². The van der Waals surface area contributed by atoms with Gasteiger partial charge in [0.05, 0.1) is 10.0 Å². The van der Waals surface area contributed by atoms with Crippen molar-refractivity contribution in [3.05, 3.63) is 33.8 Å². The van der Waals surface area contributed by atoms with Crippen LogP contribution in [0.5, 0.6) is 0 Å². The molecule has 0 spiro atoms.